The predicted octanol–water partition coefficient (Wildman–Crippen LogP) is 3.60. The zero-order chi connectivity index (χ0) is 20.5. The Hall–Kier alpha value is -2.94. The second-order valence-electron chi connectivity index (χ2n) is 6.25. The lowest BCUT2D eigenvalue weighted by atomic mass is 10.0. The molecule has 1 heterocycles. The summed E-state index contributed by atoms with van der Waals surface area (Å²) in [6, 6.07) is 6.11. The second-order valence-corrected chi connectivity index (χ2v) is 8.09. The summed E-state index contributed by atoms with van der Waals surface area (Å²) in [5.41, 5.74) is 0.266. The number of fused-ring (bicyclic) bond motifs is 1. The van der Waals surface area contributed by atoms with Crippen LogP contribution in [0.25, 0.3) is 11.0 Å². The summed E-state index contributed by atoms with van der Waals surface area (Å²) >= 11 is 0. The highest BCUT2D eigenvalue weighted by molar-refractivity contribution is 7.92. The Kier molecular flexibility index (Phi) is 5.37. The summed E-state index contributed by atoms with van der Waals surface area (Å²) in [6.45, 7) is 3.38. The van der Waals surface area contributed by atoms with Gasteiger partial charge in [-0.05, 0) is 43.7 Å². The number of benzene rings is 2. The predicted molar refractivity (Wildman–Crippen MR) is 102 cm³/mol. The number of halogens is 2. The topological polar surface area (TPSA) is 89.0 Å². The van der Waals surface area contributed by atoms with Crippen LogP contribution in [-0.2, 0) is 10.0 Å². The molecule has 0 radical (unpaired) electrons. The van der Waals surface area contributed by atoms with Gasteiger partial charge in [-0.2, -0.15) is 0 Å². The molecule has 0 bridgehead atoms. The summed E-state index contributed by atoms with van der Waals surface area (Å²) < 4.78 is 54.9. The molecule has 0 aliphatic heterocycles. The van der Waals surface area contributed by atoms with E-state index in [-0.39, 0.29) is 11.3 Å². The molecule has 0 aliphatic rings. The molecule has 2 aromatic carbocycles. The Morgan fingerprint density at radius 2 is 1.89 bits per heavy atom. The van der Waals surface area contributed by atoms with Gasteiger partial charge in [0.05, 0.1) is 33.7 Å². The van der Waals surface area contributed by atoms with Gasteiger partial charge >= 0.3 is 0 Å². The van der Waals surface area contributed by atoms with Gasteiger partial charge in [-0.15, -0.1) is 0 Å². The molecule has 0 unspecified atom stereocenters. The molecule has 3 rings (SSSR count). The highest BCUT2D eigenvalue weighted by Gasteiger charge is 2.24. The third kappa shape index (κ3) is 3.99. The summed E-state index contributed by atoms with van der Waals surface area (Å²) in [5, 5.41) is 0. The quantitative estimate of drug-likeness (QED) is 0.633. The van der Waals surface area contributed by atoms with E-state index >= 15 is 0 Å². The molecule has 0 aliphatic carbocycles. The molecule has 9 heteroatoms. The van der Waals surface area contributed by atoms with Gasteiger partial charge in [0.2, 0.25) is 10.0 Å². The van der Waals surface area contributed by atoms with Crippen LogP contribution in [-0.4, -0.2) is 29.9 Å². The fraction of sp³-hybridized carbons (Fsp3) is 0.211. The lowest BCUT2D eigenvalue weighted by molar-refractivity contribution is 0.103. The van der Waals surface area contributed by atoms with Gasteiger partial charge in [-0.1, -0.05) is 6.92 Å². The van der Waals surface area contributed by atoms with Crippen molar-refractivity contribution in [2.45, 2.75) is 20.3 Å². The van der Waals surface area contributed by atoms with Crippen molar-refractivity contribution < 1.29 is 22.0 Å². The average molecular weight is 405 g/mol. The zero-order valence-corrected chi connectivity index (χ0v) is 16.0. The number of ketones is 1. The maximum Gasteiger partial charge on any atom is 0.232 e. The molecular weight excluding hydrogens is 388 g/mol. The molecule has 3 aromatic rings. The van der Waals surface area contributed by atoms with Crippen molar-refractivity contribution in [3.63, 3.8) is 0 Å². The number of aryl methyl sites for hydroxylation is 1. The van der Waals surface area contributed by atoms with Crippen molar-refractivity contribution >= 4 is 32.5 Å². The van der Waals surface area contributed by atoms with Crippen LogP contribution < -0.4 is 4.72 Å². The number of carbonyl (C=O) groups excluding carboxylic acids is 1. The molecule has 0 spiro atoms. The van der Waals surface area contributed by atoms with Crippen molar-refractivity contribution in [3.05, 3.63) is 65.0 Å². The first-order valence-electron chi connectivity index (χ1n) is 8.48. The van der Waals surface area contributed by atoms with Crippen LogP contribution in [0.3, 0.4) is 0 Å². The molecule has 6 nitrogen and oxygen atoms in total. The van der Waals surface area contributed by atoms with Gasteiger partial charge < -0.3 is 0 Å². The Balaban J connectivity index is 2.05. The van der Waals surface area contributed by atoms with Gasteiger partial charge in [0, 0.05) is 11.8 Å². The van der Waals surface area contributed by atoms with E-state index in [1.165, 1.54) is 18.2 Å². The van der Waals surface area contributed by atoms with E-state index in [4.69, 9.17) is 0 Å². The van der Waals surface area contributed by atoms with Crippen molar-refractivity contribution in [1.82, 2.24) is 9.97 Å². The van der Waals surface area contributed by atoms with Crippen LogP contribution in [0.4, 0.5) is 14.5 Å². The number of nitrogens with zero attached hydrogens (tertiary/aromatic N) is 2. The highest BCUT2D eigenvalue weighted by Crippen LogP contribution is 2.25. The maximum atomic E-state index is 14.8. The van der Waals surface area contributed by atoms with E-state index in [1.54, 1.807) is 20.0 Å². The van der Waals surface area contributed by atoms with E-state index in [0.29, 0.717) is 23.1 Å². The van der Waals surface area contributed by atoms with Crippen LogP contribution in [0.5, 0.6) is 0 Å². The molecule has 0 atom stereocenters. The highest BCUT2D eigenvalue weighted by atomic mass is 32.2. The number of anilines is 1. The van der Waals surface area contributed by atoms with Gasteiger partial charge in [0.1, 0.15) is 5.82 Å². The zero-order valence-electron chi connectivity index (χ0n) is 15.2. The van der Waals surface area contributed by atoms with E-state index in [0.717, 1.165) is 12.1 Å². The molecule has 0 fully saturated rings. The number of hydrogen-bond acceptors (Lipinski definition) is 5. The molecule has 146 valence electrons. The van der Waals surface area contributed by atoms with Crippen LogP contribution in [0.2, 0.25) is 0 Å². The van der Waals surface area contributed by atoms with Gasteiger partial charge in [-0.3, -0.25) is 14.5 Å². The lowest BCUT2D eigenvalue weighted by Crippen LogP contribution is -2.18. The van der Waals surface area contributed by atoms with Crippen molar-refractivity contribution in [2.24, 2.45) is 0 Å². The fourth-order valence-corrected chi connectivity index (χ4v) is 3.85. The molecule has 1 N–H and O–H groups in total. The smallest absolute Gasteiger partial charge is 0.232 e. The number of carbonyl (C=O) groups is 1. The molecule has 0 saturated heterocycles. The summed E-state index contributed by atoms with van der Waals surface area (Å²) in [4.78, 5) is 21.2. The molecule has 0 amide bonds. The number of aromatic nitrogens is 2. The Morgan fingerprint density at radius 1 is 1.14 bits per heavy atom. The third-order valence-electron chi connectivity index (χ3n) is 3.98. The first kappa shape index (κ1) is 19.8. The van der Waals surface area contributed by atoms with Gasteiger partial charge in [-0.25, -0.2) is 22.2 Å². The lowest BCUT2D eigenvalue weighted by Gasteiger charge is -2.12. The van der Waals surface area contributed by atoms with Gasteiger partial charge in [0.25, 0.3) is 0 Å². The first-order chi connectivity index (χ1) is 13.2. The molecule has 28 heavy (non-hydrogen) atoms. The second kappa shape index (κ2) is 7.59. The Labute approximate surface area is 160 Å². The van der Waals surface area contributed by atoms with E-state index in [1.807, 2.05) is 0 Å². The monoisotopic (exact) mass is 405 g/mol. The number of sulfonamides is 1. The third-order valence-corrected chi connectivity index (χ3v) is 5.46. The largest absolute Gasteiger partial charge is 0.288 e. The van der Waals surface area contributed by atoms with Crippen LogP contribution >= 0.6 is 0 Å². The molecule has 1 aromatic heterocycles. The van der Waals surface area contributed by atoms with E-state index in [2.05, 4.69) is 14.7 Å². The minimum Gasteiger partial charge on any atom is -0.288 e. The van der Waals surface area contributed by atoms with Crippen LogP contribution in [0.15, 0.2) is 36.5 Å². The molecule has 0 saturated carbocycles. The number of nitrogens with one attached hydrogen (secondary N) is 1. The van der Waals surface area contributed by atoms with Crippen molar-refractivity contribution in [2.75, 3.05) is 10.5 Å². The van der Waals surface area contributed by atoms with Crippen molar-refractivity contribution in [1.29, 1.82) is 0 Å². The SMILES string of the molecule is CCCS(=O)(=O)Nc1ccc(F)c(C(=O)c2ccc3ncc(C)nc3c2)c1F. The minimum atomic E-state index is -3.80. The summed E-state index contributed by atoms with van der Waals surface area (Å²) in [7, 11) is -3.80. The number of rotatable bonds is 6. The molecular formula is C19H17F2N3O3S. The number of hydrogen-bond donors (Lipinski definition) is 1. The minimum absolute atomic E-state index is 0.0127. The first-order valence-corrected chi connectivity index (χ1v) is 10.1. The standard InChI is InChI=1S/C19H17F2N3O3S/c1-3-8-28(26,27)24-15-7-5-13(20)17(18(15)21)19(25)12-4-6-14-16(9-12)23-11(2)10-22-14/h4-7,9-10,24H,3,8H2,1-2H3. The Morgan fingerprint density at radius 3 is 2.61 bits per heavy atom. The summed E-state index contributed by atoms with van der Waals surface area (Å²) in [6.07, 6.45) is 1.89. The van der Waals surface area contributed by atoms with Crippen molar-refractivity contribution in [3.8, 4) is 0 Å². The average Bonchev–Trinajstić information content (AvgIpc) is 2.63. The van der Waals surface area contributed by atoms with Gasteiger partial charge in [0.15, 0.2) is 11.6 Å². The van der Waals surface area contributed by atoms with E-state index in [9.17, 15) is 22.0 Å². The van der Waals surface area contributed by atoms with E-state index < -0.39 is 38.7 Å². The normalized spacial score (nSPS) is 11.6. The fourth-order valence-electron chi connectivity index (χ4n) is 2.72. The Bertz CT molecular complexity index is 1180. The summed E-state index contributed by atoms with van der Waals surface area (Å²) in [5.74, 6) is -3.50. The van der Waals surface area contributed by atoms with Crippen LogP contribution in [0, 0.1) is 18.6 Å². The maximum absolute atomic E-state index is 14.8. The van der Waals surface area contributed by atoms with Crippen LogP contribution in [0.1, 0.15) is 35.0 Å².